The molecule has 2 heterocycles. The average Bonchev–Trinajstić information content (AvgIpc) is 3.13. The van der Waals surface area contributed by atoms with E-state index < -0.39 is 0 Å². The molecule has 32 heavy (non-hydrogen) atoms. The molecule has 4 aromatic rings. The number of hydrogen-bond acceptors (Lipinski definition) is 5. The Hall–Kier alpha value is -4.20. The predicted molar refractivity (Wildman–Crippen MR) is 122 cm³/mol. The summed E-state index contributed by atoms with van der Waals surface area (Å²) in [4.78, 5) is 30.6. The zero-order chi connectivity index (χ0) is 22.7. The van der Waals surface area contributed by atoms with Crippen molar-refractivity contribution >= 4 is 11.6 Å². The molecular formula is C24H23N5O3. The van der Waals surface area contributed by atoms with Crippen LogP contribution in [-0.4, -0.2) is 32.3 Å². The van der Waals surface area contributed by atoms with Crippen LogP contribution in [0.4, 0.5) is 5.69 Å². The van der Waals surface area contributed by atoms with Gasteiger partial charge >= 0.3 is 0 Å². The Balaban J connectivity index is 1.74. The molecule has 0 saturated heterocycles. The molecule has 0 aliphatic heterocycles. The van der Waals surface area contributed by atoms with Crippen molar-refractivity contribution in [2.45, 2.75) is 20.4 Å². The number of ether oxygens (including phenoxy) is 1. The summed E-state index contributed by atoms with van der Waals surface area (Å²) < 4.78 is 8.10. The number of anilines is 1. The van der Waals surface area contributed by atoms with Gasteiger partial charge in [0.05, 0.1) is 18.5 Å². The van der Waals surface area contributed by atoms with Crippen molar-refractivity contribution in [3.05, 3.63) is 88.5 Å². The standard InChI is InChI=1S/C24H23N5O3/c1-16-12-17(2)29(27-16)24-26-21(18-8-5-4-6-9-18)14-23(31)28(24)15-22(30)25-19-10-7-11-20(13-19)32-3/h4-14H,15H2,1-3H3,(H,25,30). The maximum absolute atomic E-state index is 13.1. The SMILES string of the molecule is COc1cccc(NC(=O)Cn2c(-n3nc(C)cc3C)nc(-c3ccccc3)cc2=O)c1. The highest BCUT2D eigenvalue weighted by molar-refractivity contribution is 5.90. The van der Waals surface area contributed by atoms with E-state index in [0.717, 1.165) is 17.0 Å². The van der Waals surface area contributed by atoms with Gasteiger partial charge < -0.3 is 10.1 Å². The monoisotopic (exact) mass is 429 g/mol. The quantitative estimate of drug-likeness (QED) is 0.508. The van der Waals surface area contributed by atoms with Gasteiger partial charge in [0.2, 0.25) is 11.9 Å². The highest BCUT2D eigenvalue weighted by Crippen LogP contribution is 2.19. The fraction of sp³-hybridized carbons (Fsp3) is 0.167. The van der Waals surface area contributed by atoms with Gasteiger partial charge in [-0.1, -0.05) is 36.4 Å². The van der Waals surface area contributed by atoms with E-state index in [1.807, 2.05) is 50.2 Å². The summed E-state index contributed by atoms with van der Waals surface area (Å²) in [6.45, 7) is 3.52. The summed E-state index contributed by atoms with van der Waals surface area (Å²) in [5.41, 5.74) is 3.14. The minimum Gasteiger partial charge on any atom is -0.497 e. The topological polar surface area (TPSA) is 91.0 Å². The molecule has 1 amide bonds. The molecule has 0 bridgehead atoms. The van der Waals surface area contributed by atoms with Crippen molar-refractivity contribution in [3.8, 4) is 23.0 Å². The number of methoxy groups -OCH3 is 1. The van der Waals surface area contributed by atoms with E-state index in [2.05, 4.69) is 10.4 Å². The molecule has 1 N–H and O–H groups in total. The van der Waals surface area contributed by atoms with E-state index in [1.165, 1.54) is 10.6 Å². The summed E-state index contributed by atoms with van der Waals surface area (Å²) in [6, 6.07) is 19.8. The summed E-state index contributed by atoms with van der Waals surface area (Å²) in [7, 11) is 1.56. The van der Waals surface area contributed by atoms with Gasteiger partial charge in [-0.25, -0.2) is 9.67 Å². The molecule has 0 unspecified atom stereocenters. The number of aromatic nitrogens is 4. The Morgan fingerprint density at radius 1 is 1.03 bits per heavy atom. The molecule has 162 valence electrons. The summed E-state index contributed by atoms with van der Waals surface area (Å²) in [5, 5.41) is 7.28. The number of nitrogens with one attached hydrogen (secondary N) is 1. The van der Waals surface area contributed by atoms with Crippen LogP contribution in [0.3, 0.4) is 0 Å². The van der Waals surface area contributed by atoms with E-state index in [9.17, 15) is 9.59 Å². The molecule has 0 radical (unpaired) electrons. The van der Waals surface area contributed by atoms with Gasteiger partial charge in [0.25, 0.3) is 5.56 Å². The Labute approximate surface area is 185 Å². The number of nitrogens with zero attached hydrogens (tertiary/aromatic N) is 4. The average molecular weight is 429 g/mol. The number of hydrogen-bond donors (Lipinski definition) is 1. The fourth-order valence-corrected chi connectivity index (χ4v) is 3.44. The molecule has 2 aromatic heterocycles. The predicted octanol–water partition coefficient (Wildman–Crippen LogP) is 3.36. The molecule has 0 spiro atoms. The summed E-state index contributed by atoms with van der Waals surface area (Å²) in [5.74, 6) is 0.539. The van der Waals surface area contributed by atoms with Crippen molar-refractivity contribution in [2.75, 3.05) is 12.4 Å². The van der Waals surface area contributed by atoms with E-state index in [0.29, 0.717) is 17.1 Å². The minimum absolute atomic E-state index is 0.216. The van der Waals surface area contributed by atoms with Crippen LogP contribution in [0.5, 0.6) is 5.75 Å². The second-order valence-corrected chi connectivity index (χ2v) is 7.35. The number of carbonyl (C=O) groups excluding carboxylic acids is 1. The minimum atomic E-state index is -0.364. The van der Waals surface area contributed by atoms with Crippen LogP contribution < -0.4 is 15.6 Å². The van der Waals surface area contributed by atoms with Crippen LogP contribution in [0.1, 0.15) is 11.4 Å². The maximum Gasteiger partial charge on any atom is 0.256 e. The highest BCUT2D eigenvalue weighted by atomic mass is 16.5. The zero-order valence-corrected chi connectivity index (χ0v) is 18.1. The first-order valence-corrected chi connectivity index (χ1v) is 10.1. The van der Waals surface area contributed by atoms with Crippen molar-refractivity contribution in [2.24, 2.45) is 0 Å². The smallest absolute Gasteiger partial charge is 0.256 e. The summed E-state index contributed by atoms with van der Waals surface area (Å²) in [6.07, 6.45) is 0. The molecule has 8 nitrogen and oxygen atoms in total. The first-order chi connectivity index (χ1) is 15.4. The van der Waals surface area contributed by atoms with Crippen LogP contribution in [0.25, 0.3) is 17.2 Å². The fourth-order valence-electron chi connectivity index (χ4n) is 3.44. The first-order valence-electron chi connectivity index (χ1n) is 10.1. The van der Waals surface area contributed by atoms with Crippen LogP contribution in [0, 0.1) is 13.8 Å². The van der Waals surface area contributed by atoms with Crippen molar-refractivity contribution in [1.82, 2.24) is 19.3 Å². The van der Waals surface area contributed by atoms with Gasteiger partial charge in [-0.2, -0.15) is 5.10 Å². The lowest BCUT2D eigenvalue weighted by atomic mass is 10.1. The lowest BCUT2D eigenvalue weighted by Crippen LogP contribution is -2.31. The van der Waals surface area contributed by atoms with E-state index in [4.69, 9.17) is 9.72 Å². The van der Waals surface area contributed by atoms with Gasteiger partial charge in [0.15, 0.2) is 0 Å². The van der Waals surface area contributed by atoms with E-state index in [1.54, 1.807) is 36.1 Å². The zero-order valence-electron chi connectivity index (χ0n) is 18.1. The third-order valence-electron chi connectivity index (χ3n) is 4.91. The van der Waals surface area contributed by atoms with E-state index >= 15 is 0 Å². The molecule has 0 saturated carbocycles. The van der Waals surface area contributed by atoms with Crippen molar-refractivity contribution in [3.63, 3.8) is 0 Å². The molecule has 0 aliphatic rings. The lowest BCUT2D eigenvalue weighted by molar-refractivity contribution is -0.116. The number of rotatable bonds is 6. The van der Waals surface area contributed by atoms with Crippen molar-refractivity contribution < 1.29 is 9.53 Å². The van der Waals surface area contributed by atoms with Gasteiger partial charge in [-0.15, -0.1) is 0 Å². The normalized spacial score (nSPS) is 10.7. The Morgan fingerprint density at radius 3 is 2.50 bits per heavy atom. The molecule has 0 atom stereocenters. The largest absolute Gasteiger partial charge is 0.497 e. The van der Waals surface area contributed by atoms with Crippen LogP contribution >= 0.6 is 0 Å². The molecule has 2 aromatic carbocycles. The van der Waals surface area contributed by atoms with Crippen LogP contribution in [0.2, 0.25) is 0 Å². The van der Waals surface area contributed by atoms with Gasteiger partial charge in [-0.3, -0.25) is 14.2 Å². The number of benzene rings is 2. The molecule has 0 aliphatic carbocycles. The van der Waals surface area contributed by atoms with Crippen molar-refractivity contribution in [1.29, 1.82) is 0 Å². The number of amides is 1. The van der Waals surface area contributed by atoms with Gasteiger partial charge in [0, 0.05) is 29.1 Å². The Bertz CT molecular complexity index is 1330. The third-order valence-corrected chi connectivity index (χ3v) is 4.91. The Kier molecular flexibility index (Phi) is 5.85. The lowest BCUT2D eigenvalue weighted by Gasteiger charge is -2.15. The molecule has 4 rings (SSSR count). The molecule has 0 fully saturated rings. The molecule has 8 heteroatoms. The van der Waals surface area contributed by atoms with E-state index in [-0.39, 0.29) is 24.0 Å². The van der Waals surface area contributed by atoms with Crippen LogP contribution in [0.15, 0.2) is 71.5 Å². The number of aryl methyl sites for hydroxylation is 2. The number of carbonyl (C=O) groups is 1. The first kappa shape index (κ1) is 21.0. The second-order valence-electron chi connectivity index (χ2n) is 7.35. The van der Waals surface area contributed by atoms with Gasteiger partial charge in [-0.05, 0) is 32.0 Å². The second kappa shape index (κ2) is 8.89. The Morgan fingerprint density at radius 2 is 1.81 bits per heavy atom. The highest BCUT2D eigenvalue weighted by Gasteiger charge is 2.17. The molecular weight excluding hydrogens is 406 g/mol. The van der Waals surface area contributed by atoms with Gasteiger partial charge in [0.1, 0.15) is 12.3 Å². The van der Waals surface area contributed by atoms with Crippen LogP contribution in [-0.2, 0) is 11.3 Å². The summed E-state index contributed by atoms with van der Waals surface area (Å²) >= 11 is 0. The maximum atomic E-state index is 13.1. The third kappa shape index (κ3) is 4.44.